The maximum absolute atomic E-state index is 11.4. The first kappa shape index (κ1) is 21.8. The second kappa shape index (κ2) is 9.78. The highest BCUT2D eigenvalue weighted by Gasteiger charge is 2.13. The Hall–Kier alpha value is -3.45. The Bertz CT molecular complexity index is 1280. The number of ether oxygens (including phenoxy) is 1. The van der Waals surface area contributed by atoms with Gasteiger partial charge in [-0.15, -0.1) is 0 Å². The van der Waals surface area contributed by atoms with E-state index >= 15 is 0 Å². The molecule has 0 atom stereocenters. The van der Waals surface area contributed by atoms with Gasteiger partial charge >= 0.3 is 5.97 Å². The number of hydrogen-bond donors (Lipinski definition) is 2. The molecule has 0 bridgehead atoms. The second-order valence-electron chi connectivity index (χ2n) is 7.17. The quantitative estimate of drug-likeness (QED) is 0.323. The number of nitrogens with one attached hydrogen (secondary N) is 1. The minimum atomic E-state index is -1.02. The van der Waals surface area contributed by atoms with Crippen LogP contribution in [0.1, 0.15) is 22.8 Å². The molecule has 0 aliphatic rings. The summed E-state index contributed by atoms with van der Waals surface area (Å²) in [5.74, 6) is 0.00920. The Kier molecular flexibility index (Phi) is 6.66. The van der Waals surface area contributed by atoms with Gasteiger partial charge in [0.25, 0.3) is 0 Å². The molecule has 4 rings (SSSR count). The van der Waals surface area contributed by atoms with Gasteiger partial charge in [-0.2, -0.15) is 0 Å². The molecule has 0 radical (unpaired) electrons. The number of hydrogen-bond acceptors (Lipinski definition) is 5. The van der Waals surface area contributed by atoms with Crippen LogP contribution in [0.2, 0.25) is 0 Å². The third kappa shape index (κ3) is 4.73. The van der Waals surface area contributed by atoms with Crippen LogP contribution in [0.5, 0.6) is 5.75 Å². The number of carboxylic acids is 1. The topological polar surface area (TPSA) is 84.3 Å². The zero-order chi connectivity index (χ0) is 22.5. The number of carboxylic acid groups (broad SMARTS) is 1. The highest BCUT2D eigenvalue weighted by Crippen LogP contribution is 2.28. The minimum Gasteiger partial charge on any atom is -0.493 e. The Morgan fingerprint density at radius 2 is 1.88 bits per heavy atom. The Morgan fingerprint density at radius 3 is 2.66 bits per heavy atom. The summed E-state index contributed by atoms with van der Waals surface area (Å²) in [5, 5.41) is 15.1. The highest BCUT2D eigenvalue weighted by atomic mass is 79.9. The summed E-state index contributed by atoms with van der Waals surface area (Å²) in [6.07, 6.45) is 2.34. The van der Waals surface area contributed by atoms with E-state index in [2.05, 4.69) is 61.5 Å². The molecular weight excluding hydrogens is 470 g/mol. The van der Waals surface area contributed by atoms with Crippen molar-refractivity contribution in [1.82, 2.24) is 9.97 Å². The summed E-state index contributed by atoms with van der Waals surface area (Å²) in [6.45, 7) is 2.91. The van der Waals surface area contributed by atoms with Crippen LogP contribution in [0.3, 0.4) is 0 Å². The van der Waals surface area contributed by atoms with Crippen LogP contribution >= 0.6 is 15.9 Å². The normalized spacial score (nSPS) is 10.8. The fourth-order valence-electron chi connectivity index (χ4n) is 3.61. The lowest BCUT2D eigenvalue weighted by molar-refractivity contribution is 0.0692. The first-order valence-corrected chi connectivity index (χ1v) is 11.1. The van der Waals surface area contributed by atoms with Gasteiger partial charge in [-0.05, 0) is 47.9 Å². The van der Waals surface area contributed by atoms with Gasteiger partial charge in [0.05, 0.1) is 12.3 Å². The molecule has 0 saturated heterocycles. The van der Waals surface area contributed by atoms with Gasteiger partial charge < -0.3 is 15.2 Å². The van der Waals surface area contributed by atoms with E-state index in [1.807, 2.05) is 19.1 Å². The summed E-state index contributed by atoms with van der Waals surface area (Å²) < 4.78 is 6.59. The van der Waals surface area contributed by atoms with E-state index in [1.165, 1.54) is 28.7 Å². The van der Waals surface area contributed by atoms with Crippen LogP contribution < -0.4 is 10.1 Å². The van der Waals surface area contributed by atoms with Crippen molar-refractivity contribution in [2.75, 3.05) is 18.5 Å². The maximum atomic E-state index is 11.4. The number of aromatic nitrogens is 2. The average molecular weight is 492 g/mol. The number of anilines is 1. The van der Waals surface area contributed by atoms with Gasteiger partial charge in [0.2, 0.25) is 0 Å². The molecule has 0 aliphatic heterocycles. The third-order valence-electron chi connectivity index (χ3n) is 5.14. The van der Waals surface area contributed by atoms with Gasteiger partial charge in [0.15, 0.2) is 0 Å². The summed E-state index contributed by atoms with van der Waals surface area (Å²) in [7, 11) is 0. The van der Waals surface area contributed by atoms with Gasteiger partial charge in [-0.25, -0.2) is 14.8 Å². The predicted octanol–water partition coefficient (Wildman–Crippen LogP) is 5.81. The van der Waals surface area contributed by atoms with Crippen LogP contribution in [0, 0.1) is 0 Å². The van der Waals surface area contributed by atoms with E-state index in [0.29, 0.717) is 30.4 Å². The van der Waals surface area contributed by atoms with E-state index in [4.69, 9.17) is 4.74 Å². The summed E-state index contributed by atoms with van der Waals surface area (Å²) in [6, 6.07) is 19.4. The minimum absolute atomic E-state index is 0.129. The van der Waals surface area contributed by atoms with E-state index in [9.17, 15) is 9.90 Å². The number of nitrogens with zero attached hydrogens (tertiary/aromatic N) is 2. The van der Waals surface area contributed by atoms with Crippen molar-refractivity contribution in [3.8, 4) is 17.0 Å². The molecule has 7 heteroatoms. The second-order valence-corrected chi connectivity index (χ2v) is 8.02. The highest BCUT2D eigenvalue weighted by molar-refractivity contribution is 9.10. The van der Waals surface area contributed by atoms with Crippen LogP contribution in [0.25, 0.3) is 22.0 Å². The van der Waals surface area contributed by atoms with Crippen LogP contribution in [-0.2, 0) is 6.42 Å². The Balaban J connectivity index is 1.50. The lowest BCUT2D eigenvalue weighted by Crippen LogP contribution is -2.07. The van der Waals surface area contributed by atoms with Crippen LogP contribution in [0.4, 0.5) is 5.82 Å². The van der Waals surface area contributed by atoms with Crippen molar-refractivity contribution < 1.29 is 14.6 Å². The molecule has 4 aromatic rings. The first-order valence-electron chi connectivity index (χ1n) is 10.3. The van der Waals surface area contributed by atoms with Gasteiger partial charge in [0, 0.05) is 22.6 Å². The Labute approximate surface area is 194 Å². The molecule has 1 heterocycles. The summed E-state index contributed by atoms with van der Waals surface area (Å²) >= 11 is 3.62. The molecule has 32 heavy (non-hydrogen) atoms. The standard InChI is InChI=1S/C25H22BrN3O3/c1-2-32-23-13-17(7-9-20(23)25(30)31)22-14-24(29-15-28-22)27-12-11-16-8-10-21(26)19-6-4-3-5-18(16)19/h3-10,13-15H,2,11-12H2,1H3,(H,30,31)(H,27,28,29). The van der Waals surface area contributed by atoms with Crippen molar-refractivity contribution >= 4 is 38.5 Å². The zero-order valence-corrected chi connectivity index (χ0v) is 19.1. The average Bonchev–Trinajstić information content (AvgIpc) is 2.81. The number of aromatic carboxylic acids is 1. The molecule has 162 valence electrons. The number of carbonyl (C=O) groups is 1. The molecule has 0 saturated carbocycles. The molecule has 0 spiro atoms. The van der Waals surface area contributed by atoms with E-state index in [1.54, 1.807) is 12.1 Å². The smallest absolute Gasteiger partial charge is 0.339 e. The Morgan fingerprint density at radius 1 is 1.06 bits per heavy atom. The zero-order valence-electron chi connectivity index (χ0n) is 17.5. The van der Waals surface area contributed by atoms with E-state index in [-0.39, 0.29) is 5.56 Å². The molecule has 0 amide bonds. The fourth-order valence-corrected chi connectivity index (χ4v) is 4.09. The maximum Gasteiger partial charge on any atom is 0.339 e. The molecule has 3 aromatic carbocycles. The van der Waals surface area contributed by atoms with E-state index < -0.39 is 5.97 Å². The van der Waals surface area contributed by atoms with Crippen LogP contribution in [-0.4, -0.2) is 34.2 Å². The SMILES string of the molecule is CCOc1cc(-c2cc(NCCc3ccc(Br)c4ccccc34)ncn2)ccc1C(=O)O. The number of halogens is 1. The monoisotopic (exact) mass is 491 g/mol. The van der Waals surface area contributed by atoms with Crippen LogP contribution in [0.15, 0.2) is 71.5 Å². The van der Waals surface area contributed by atoms with E-state index in [0.717, 1.165) is 16.5 Å². The van der Waals surface area contributed by atoms with Crippen molar-refractivity contribution in [1.29, 1.82) is 0 Å². The molecule has 0 aliphatic carbocycles. The van der Waals surface area contributed by atoms with Crippen molar-refractivity contribution in [2.45, 2.75) is 13.3 Å². The third-order valence-corrected chi connectivity index (χ3v) is 5.83. The molecule has 0 fully saturated rings. The number of benzene rings is 3. The molecule has 6 nitrogen and oxygen atoms in total. The van der Waals surface area contributed by atoms with Gasteiger partial charge in [-0.3, -0.25) is 0 Å². The van der Waals surface area contributed by atoms with Crippen molar-refractivity contribution in [2.24, 2.45) is 0 Å². The van der Waals surface area contributed by atoms with Crippen molar-refractivity contribution in [3.05, 3.63) is 82.6 Å². The summed E-state index contributed by atoms with van der Waals surface area (Å²) in [4.78, 5) is 20.1. The molecule has 0 unspecified atom stereocenters. The first-order chi connectivity index (χ1) is 15.6. The predicted molar refractivity (Wildman–Crippen MR) is 129 cm³/mol. The lowest BCUT2D eigenvalue weighted by atomic mass is 10.0. The number of fused-ring (bicyclic) bond motifs is 1. The fraction of sp³-hybridized carbons (Fsp3) is 0.160. The largest absolute Gasteiger partial charge is 0.493 e. The number of rotatable bonds is 8. The van der Waals surface area contributed by atoms with Crippen molar-refractivity contribution in [3.63, 3.8) is 0 Å². The van der Waals surface area contributed by atoms with Gasteiger partial charge in [-0.1, -0.05) is 52.3 Å². The molecule has 1 aromatic heterocycles. The molecule has 2 N–H and O–H groups in total. The van der Waals surface area contributed by atoms with Gasteiger partial charge in [0.1, 0.15) is 23.5 Å². The molecular formula is C25H22BrN3O3. The lowest BCUT2D eigenvalue weighted by Gasteiger charge is -2.11. The summed E-state index contributed by atoms with van der Waals surface area (Å²) in [5.41, 5.74) is 2.85.